The predicted octanol–water partition coefficient (Wildman–Crippen LogP) is 3.27. The molecule has 0 aliphatic rings. The van der Waals surface area contributed by atoms with Crippen molar-refractivity contribution in [2.75, 3.05) is 11.9 Å². The molecule has 0 spiro atoms. The maximum Gasteiger partial charge on any atom is 0.165 e. The zero-order valence-electron chi connectivity index (χ0n) is 13.0. The Balaban J connectivity index is 2.41. The third-order valence-corrected chi connectivity index (χ3v) is 3.88. The fourth-order valence-electron chi connectivity index (χ4n) is 1.98. The van der Waals surface area contributed by atoms with Crippen LogP contribution < -0.4 is 11.1 Å². The Bertz CT molecular complexity index is 675. The highest BCUT2D eigenvalue weighted by atomic mass is 35.5. The first kappa shape index (κ1) is 16.5. The number of benzene rings is 1. The third-order valence-electron chi connectivity index (χ3n) is 3.64. The van der Waals surface area contributed by atoms with E-state index in [1.165, 1.54) is 6.07 Å². The van der Waals surface area contributed by atoms with Crippen molar-refractivity contribution >= 4 is 17.4 Å². The number of aromatic hydroxyl groups is 1. The first-order chi connectivity index (χ1) is 10.4. The fraction of sp³-hybridized carbons (Fsp3) is 0.375. The van der Waals surface area contributed by atoms with Crippen LogP contribution in [0.4, 0.5) is 5.82 Å². The molecule has 22 heavy (non-hydrogen) atoms. The molecule has 6 heteroatoms. The molecule has 1 atom stereocenters. The molecule has 2 aromatic rings. The van der Waals surface area contributed by atoms with E-state index < -0.39 is 0 Å². The van der Waals surface area contributed by atoms with Gasteiger partial charge in [0.15, 0.2) is 5.82 Å². The quantitative estimate of drug-likeness (QED) is 0.787. The van der Waals surface area contributed by atoms with Crippen LogP contribution in [0.3, 0.4) is 0 Å². The van der Waals surface area contributed by atoms with Crippen LogP contribution in [0.2, 0.25) is 5.02 Å². The molecule has 1 aromatic carbocycles. The summed E-state index contributed by atoms with van der Waals surface area (Å²) in [6.45, 7) is 6.54. The number of halogens is 1. The van der Waals surface area contributed by atoms with E-state index in [4.69, 9.17) is 17.3 Å². The summed E-state index contributed by atoms with van der Waals surface area (Å²) >= 11 is 6.00. The summed E-state index contributed by atoms with van der Waals surface area (Å²) in [5, 5.41) is 13.8. The molecule has 0 aliphatic heterocycles. The smallest absolute Gasteiger partial charge is 0.165 e. The molecular formula is C16H21ClN4O. The van der Waals surface area contributed by atoms with Gasteiger partial charge in [0.25, 0.3) is 0 Å². The SMILES string of the molecule is CC[C@H](N)CNc1nc(-c2cc(Cl)ccc2O)nc(C)c1C. The molecule has 0 aliphatic carbocycles. The second-order valence-corrected chi connectivity index (χ2v) is 5.75. The zero-order valence-corrected chi connectivity index (χ0v) is 13.8. The Morgan fingerprint density at radius 3 is 2.73 bits per heavy atom. The van der Waals surface area contributed by atoms with Gasteiger partial charge in [0, 0.05) is 28.9 Å². The van der Waals surface area contributed by atoms with Crippen molar-refractivity contribution in [3.8, 4) is 17.1 Å². The number of aryl methyl sites for hydroxylation is 1. The number of rotatable bonds is 5. The summed E-state index contributed by atoms with van der Waals surface area (Å²) in [5.74, 6) is 1.27. The molecule has 4 N–H and O–H groups in total. The minimum absolute atomic E-state index is 0.0673. The van der Waals surface area contributed by atoms with E-state index in [0.717, 1.165) is 23.5 Å². The Morgan fingerprint density at radius 2 is 2.05 bits per heavy atom. The monoisotopic (exact) mass is 320 g/mol. The largest absolute Gasteiger partial charge is 0.507 e. The number of nitrogens with one attached hydrogen (secondary N) is 1. The van der Waals surface area contributed by atoms with Gasteiger partial charge < -0.3 is 16.2 Å². The van der Waals surface area contributed by atoms with Gasteiger partial charge in [-0.25, -0.2) is 9.97 Å². The van der Waals surface area contributed by atoms with Crippen LogP contribution in [-0.4, -0.2) is 27.7 Å². The topological polar surface area (TPSA) is 84.1 Å². The van der Waals surface area contributed by atoms with Crippen molar-refractivity contribution in [1.82, 2.24) is 9.97 Å². The summed E-state index contributed by atoms with van der Waals surface area (Å²) in [7, 11) is 0. The number of phenols is 1. The molecule has 0 saturated heterocycles. The fourth-order valence-corrected chi connectivity index (χ4v) is 2.15. The van der Waals surface area contributed by atoms with Crippen molar-refractivity contribution in [2.24, 2.45) is 5.73 Å². The molecule has 0 unspecified atom stereocenters. The van der Waals surface area contributed by atoms with Crippen molar-refractivity contribution in [3.63, 3.8) is 0 Å². The van der Waals surface area contributed by atoms with E-state index in [0.29, 0.717) is 23.0 Å². The zero-order chi connectivity index (χ0) is 16.3. The lowest BCUT2D eigenvalue weighted by atomic mass is 10.1. The lowest BCUT2D eigenvalue weighted by Crippen LogP contribution is -2.28. The molecule has 1 aromatic heterocycles. The first-order valence-electron chi connectivity index (χ1n) is 7.26. The molecule has 2 rings (SSSR count). The molecule has 1 heterocycles. The average molecular weight is 321 g/mol. The molecule has 118 valence electrons. The van der Waals surface area contributed by atoms with Gasteiger partial charge in [-0.1, -0.05) is 18.5 Å². The van der Waals surface area contributed by atoms with Gasteiger partial charge >= 0.3 is 0 Å². The van der Waals surface area contributed by atoms with Crippen LogP contribution in [0.1, 0.15) is 24.6 Å². The minimum atomic E-state index is 0.0673. The van der Waals surface area contributed by atoms with Crippen LogP contribution in [0.15, 0.2) is 18.2 Å². The summed E-state index contributed by atoms with van der Waals surface area (Å²) in [5.41, 5.74) is 8.26. The van der Waals surface area contributed by atoms with Crippen molar-refractivity contribution in [2.45, 2.75) is 33.2 Å². The van der Waals surface area contributed by atoms with Gasteiger partial charge in [-0.15, -0.1) is 0 Å². The predicted molar refractivity (Wildman–Crippen MR) is 90.4 cm³/mol. The lowest BCUT2D eigenvalue weighted by Gasteiger charge is -2.15. The Hall–Kier alpha value is -1.85. The van der Waals surface area contributed by atoms with E-state index in [-0.39, 0.29) is 11.8 Å². The van der Waals surface area contributed by atoms with Crippen LogP contribution in [0.5, 0.6) is 5.75 Å². The number of nitrogens with two attached hydrogens (primary N) is 1. The van der Waals surface area contributed by atoms with E-state index >= 15 is 0 Å². The summed E-state index contributed by atoms with van der Waals surface area (Å²) < 4.78 is 0. The molecule has 0 amide bonds. The molecule has 0 bridgehead atoms. The highest BCUT2D eigenvalue weighted by Gasteiger charge is 2.13. The van der Waals surface area contributed by atoms with Crippen molar-refractivity contribution in [1.29, 1.82) is 0 Å². The molecule has 0 radical (unpaired) electrons. The van der Waals surface area contributed by atoms with Gasteiger partial charge in [0.1, 0.15) is 11.6 Å². The molecule has 0 fully saturated rings. The standard InChI is InChI=1S/C16H21ClN4O/c1-4-12(18)8-19-15-9(2)10(3)20-16(21-15)13-7-11(17)5-6-14(13)22/h5-7,12,22H,4,8,18H2,1-3H3,(H,19,20,21)/t12-/m0/s1. The van der Waals surface area contributed by atoms with E-state index in [2.05, 4.69) is 15.3 Å². The minimum Gasteiger partial charge on any atom is -0.507 e. The third kappa shape index (κ3) is 3.67. The van der Waals surface area contributed by atoms with Gasteiger partial charge in [-0.05, 0) is 38.5 Å². The summed E-state index contributed by atoms with van der Waals surface area (Å²) in [4.78, 5) is 8.97. The van der Waals surface area contributed by atoms with Crippen molar-refractivity contribution in [3.05, 3.63) is 34.5 Å². The lowest BCUT2D eigenvalue weighted by molar-refractivity contribution is 0.477. The number of phenolic OH excluding ortho intramolecular Hbond substituents is 1. The summed E-state index contributed by atoms with van der Waals surface area (Å²) in [6.07, 6.45) is 0.887. The number of aromatic nitrogens is 2. The van der Waals surface area contributed by atoms with E-state index in [1.807, 2.05) is 20.8 Å². The number of hydrogen-bond acceptors (Lipinski definition) is 5. The van der Waals surface area contributed by atoms with Gasteiger partial charge in [0.05, 0.1) is 5.56 Å². The number of nitrogens with zero attached hydrogens (tertiary/aromatic N) is 2. The Kier molecular flexibility index (Phi) is 5.21. The van der Waals surface area contributed by atoms with Gasteiger partial charge in [-0.2, -0.15) is 0 Å². The first-order valence-corrected chi connectivity index (χ1v) is 7.63. The van der Waals surface area contributed by atoms with Gasteiger partial charge in [0.2, 0.25) is 0 Å². The van der Waals surface area contributed by atoms with E-state index in [9.17, 15) is 5.11 Å². The maximum absolute atomic E-state index is 10.0. The van der Waals surface area contributed by atoms with Crippen LogP contribution in [0, 0.1) is 13.8 Å². The van der Waals surface area contributed by atoms with Gasteiger partial charge in [-0.3, -0.25) is 0 Å². The highest BCUT2D eigenvalue weighted by Crippen LogP contribution is 2.31. The molecule has 5 nitrogen and oxygen atoms in total. The average Bonchev–Trinajstić information content (AvgIpc) is 2.50. The van der Waals surface area contributed by atoms with Crippen LogP contribution in [0.25, 0.3) is 11.4 Å². The highest BCUT2D eigenvalue weighted by molar-refractivity contribution is 6.30. The number of anilines is 1. The van der Waals surface area contributed by atoms with E-state index in [1.54, 1.807) is 12.1 Å². The normalized spacial score (nSPS) is 12.2. The molecular weight excluding hydrogens is 300 g/mol. The van der Waals surface area contributed by atoms with Crippen LogP contribution >= 0.6 is 11.6 Å². The van der Waals surface area contributed by atoms with Crippen molar-refractivity contribution < 1.29 is 5.11 Å². The Labute approximate surface area is 135 Å². The van der Waals surface area contributed by atoms with Crippen LogP contribution in [-0.2, 0) is 0 Å². The molecule has 0 saturated carbocycles. The second-order valence-electron chi connectivity index (χ2n) is 5.32. The Morgan fingerprint density at radius 1 is 1.32 bits per heavy atom. The summed E-state index contributed by atoms with van der Waals surface area (Å²) in [6, 6.07) is 4.89. The maximum atomic E-state index is 10.0. The second kappa shape index (κ2) is 6.94. The number of hydrogen-bond donors (Lipinski definition) is 3.